The molecule has 0 aliphatic rings. The normalized spacial score (nSPS) is 11.2. The Hall–Kier alpha value is -2.48. The summed E-state index contributed by atoms with van der Waals surface area (Å²) in [4.78, 5) is 47.2. The topological polar surface area (TPSA) is 102 Å². The highest BCUT2D eigenvalue weighted by molar-refractivity contribution is 7.12. The van der Waals surface area contributed by atoms with Crippen LogP contribution in [0.25, 0.3) is 0 Å². The van der Waals surface area contributed by atoms with Gasteiger partial charge in [0.05, 0.1) is 11.3 Å². The summed E-state index contributed by atoms with van der Waals surface area (Å²) in [5.41, 5.74) is 0. The molecule has 0 bridgehead atoms. The van der Waals surface area contributed by atoms with Crippen LogP contribution in [-0.2, 0) is 19.1 Å². The van der Waals surface area contributed by atoms with Gasteiger partial charge in [0.25, 0.3) is 5.91 Å². The summed E-state index contributed by atoms with van der Waals surface area (Å²) >= 11 is 1.34. The molecule has 136 valence electrons. The van der Waals surface area contributed by atoms with E-state index in [9.17, 15) is 19.2 Å². The molecule has 0 radical (unpaired) electrons. The van der Waals surface area contributed by atoms with Gasteiger partial charge in [0.1, 0.15) is 0 Å². The lowest BCUT2D eigenvalue weighted by Gasteiger charge is -2.12. The number of hydrogen-bond donors (Lipinski definition) is 2. The molecule has 0 saturated carbocycles. The minimum atomic E-state index is -0.911. The largest absolute Gasteiger partial charge is 0.452 e. The summed E-state index contributed by atoms with van der Waals surface area (Å²) in [6.07, 6.45) is 0.741. The number of carbonyl (C=O) groups is 4. The number of ether oxygens (including phenoxy) is 1. The van der Waals surface area contributed by atoms with Gasteiger partial charge in [-0.1, -0.05) is 12.1 Å². The number of hydrogen-bond acceptors (Lipinski definition) is 6. The summed E-state index contributed by atoms with van der Waals surface area (Å²) in [6.45, 7) is 5.31. The molecule has 0 aliphatic heterocycles. The van der Waals surface area contributed by atoms with Crippen LogP contribution in [0.5, 0.6) is 0 Å². The van der Waals surface area contributed by atoms with Gasteiger partial charge in [-0.05, 0) is 18.4 Å². The van der Waals surface area contributed by atoms with Crippen LogP contribution in [0, 0.1) is 0 Å². The van der Waals surface area contributed by atoms with Crippen LogP contribution in [0.4, 0.5) is 0 Å². The molecule has 2 amide bonds. The number of nitrogens with one attached hydrogen (secondary N) is 2. The molecule has 0 aliphatic carbocycles. The zero-order valence-corrected chi connectivity index (χ0v) is 14.9. The van der Waals surface area contributed by atoms with Crippen molar-refractivity contribution >= 4 is 34.9 Å². The van der Waals surface area contributed by atoms with Crippen molar-refractivity contribution in [3.63, 3.8) is 0 Å². The number of esters is 1. The van der Waals surface area contributed by atoms with E-state index in [1.807, 2.05) is 0 Å². The molecule has 7 nitrogen and oxygen atoms in total. The SMILES string of the molecule is C=CCNC(=O)C(C)OC(=O)CCNC(=O)CCC(=O)c1cccs1. The Kier molecular flexibility index (Phi) is 9.16. The second-order valence-electron chi connectivity index (χ2n) is 5.17. The zero-order valence-electron chi connectivity index (χ0n) is 14.1. The number of thiophene rings is 1. The molecular formula is C17H22N2O5S. The fourth-order valence-corrected chi connectivity index (χ4v) is 2.50. The second-order valence-corrected chi connectivity index (χ2v) is 6.11. The number of rotatable bonds is 11. The maximum atomic E-state index is 11.8. The van der Waals surface area contributed by atoms with Crippen LogP contribution >= 0.6 is 11.3 Å². The molecule has 1 heterocycles. The molecule has 8 heteroatoms. The number of carbonyl (C=O) groups excluding carboxylic acids is 4. The second kappa shape index (κ2) is 11.1. The van der Waals surface area contributed by atoms with Gasteiger partial charge in [-0.25, -0.2) is 0 Å². The van der Waals surface area contributed by atoms with Crippen LogP contribution in [0.1, 0.15) is 35.9 Å². The highest BCUT2D eigenvalue weighted by atomic mass is 32.1. The number of amides is 2. The van der Waals surface area contributed by atoms with Crippen molar-refractivity contribution in [2.24, 2.45) is 0 Å². The summed E-state index contributed by atoms with van der Waals surface area (Å²) < 4.78 is 4.95. The molecule has 1 aromatic rings. The Morgan fingerprint density at radius 2 is 2.00 bits per heavy atom. The van der Waals surface area contributed by atoms with E-state index in [0.717, 1.165) is 0 Å². The third kappa shape index (κ3) is 8.25. The zero-order chi connectivity index (χ0) is 18.7. The summed E-state index contributed by atoms with van der Waals surface area (Å²) in [5, 5.41) is 6.87. The van der Waals surface area contributed by atoms with E-state index in [-0.39, 0.29) is 37.5 Å². The van der Waals surface area contributed by atoms with Gasteiger partial charge < -0.3 is 15.4 Å². The molecular weight excluding hydrogens is 344 g/mol. The van der Waals surface area contributed by atoms with E-state index < -0.39 is 18.0 Å². The highest BCUT2D eigenvalue weighted by Gasteiger charge is 2.17. The smallest absolute Gasteiger partial charge is 0.308 e. The van der Waals surface area contributed by atoms with E-state index in [4.69, 9.17) is 4.74 Å². The Morgan fingerprint density at radius 1 is 1.24 bits per heavy atom. The predicted octanol–water partition coefficient (Wildman–Crippen LogP) is 1.45. The summed E-state index contributed by atoms with van der Waals surface area (Å²) in [6, 6.07) is 3.50. The van der Waals surface area contributed by atoms with Crippen LogP contribution < -0.4 is 10.6 Å². The average molecular weight is 366 g/mol. The maximum Gasteiger partial charge on any atom is 0.308 e. The monoisotopic (exact) mass is 366 g/mol. The Labute approximate surface area is 150 Å². The molecule has 1 unspecified atom stereocenters. The summed E-state index contributed by atoms with van der Waals surface area (Å²) in [7, 11) is 0. The first-order chi connectivity index (χ1) is 11.9. The van der Waals surface area contributed by atoms with Gasteiger partial charge in [-0.15, -0.1) is 17.9 Å². The van der Waals surface area contributed by atoms with Crippen LogP contribution in [0.15, 0.2) is 30.2 Å². The Bertz CT molecular complexity index is 613. The van der Waals surface area contributed by atoms with Gasteiger partial charge >= 0.3 is 5.97 Å². The molecule has 0 saturated heterocycles. The minimum absolute atomic E-state index is 0.0519. The number of ketones is 1. The minimum Gasteiger partial charge on any atom is -0.452 e. The lowest BCUT2D eigenvalue weighted by molar-refractivity contribution is -0.154. The van der Waals surface area contributed by atoms with Gasteiger partial charge in [-0.2, -0.15) is 0 Å². The van der Waals surface area contributed by atoms with E-state index in [1.165, 1.54) is 24.3 Å². The van der Waals surface area contributed by atoms with Crippen molar-refractivity contribution in [3.8, 4) is 0 Å². The van der Waals surface area contributed by atoms with Gasteiger partial charge in [0.15, 0.2) is 11.9 Å². The van der Waals surface area contributed by atoms with E-state index in [0.29, 0.717) is 11.4 Å². The average Bonchev–Trinajstić information content (AvgIpc) is 3.12. The molecule has 1 rings (SSSR count). The van der Waals surface area contributed by atoms with E-state index in [1.54, 1.807) is 17.5 Å². The fraction of sp³-hybridized carbons (Fsp3) is 0.412. The molecule has 1 aromatic heterocycles. The van der Waals surface area contributed by atoms with Crippen molar-refractivity contribution in [2.75, 3.05) is 13.1 Å². The Morgan fingerprint density at radius 3 is 2.64 bits per heavy atom. The number of Topliss-reactive ketones (excluding diaryl/α,β-unsaturated/α-hetero) is 1. The lowest BCUT2D eigenvalue weighted by atomic mass is 10.2. The van der Waals surface area contributed by atoms with Crippen molar-refractivity contribution in [2.45, 2.75) is 32.3 Å². The van der Waals surface area contributed by atoms with Gasteiger partial charge in [0, 0.05) is 25.9 Å². The lowest BCUT2D eigenvalue weighted by Crippen LogP contribution is -2.36. The first-order valence-corrected chi connectivity index (χ1v) is 8.73. The van der Waals surface area contributed by atoms with Crippen LogP contribution in [-0.4, -0.2) is 42.8 Å². The molecule has 1 atom stereocenters. The third-order valence-corrected chi connectivity index (χ3v) is 4.04. The first-order valence-electron chi connectivity index (χ1n) is 7.85. The van der Waals surface area contributed by atoms with E-state index >= 15 is 0 Å². The highest BCUT2D eigenvalue weighted by Crippen LogP contribution is 2.12. The van der Waals surface area contributed by atoms with Crippen molar-refractivity contribution in [3.05, 3.63) is 35.0 Å². The maximum absolute atomic E-state index is 11.8. The van der Waals surface area contributed by atoms with Crippen molar-refractivity contribution in [1.82, 2.24) is 10.6 Å². The Balaban J connectivity index is 2.17. The molecule has 0 aromatic carbocycles. The first kappa shape index (κ1) is 20.6. The van der Waals surface area contributed by atoms with Crippen LogP contribution in [0.3, 0.4) is 0 Å². The summed E-state index contributed by atoms with van der Waals surface area (Å²) in [5.74, 6) is -1.39. The van der Waals surface area contributed by atoms with Crippen molar-refractivity contribution in [1.29, 1.82) is 0 Å². The van der Waals surface area contributed by atoms with Gasteiger partial charge in [0.2, 0.25) is 5.91 Å². The predicted molar refractivity (Wildman–Crippen MR) is 94.3 cm³/mol. The molecule has 0 spiro atoms. The standard InChI is InChI=1S/C17H22N2O5S/c1-3-9-19-17(23)12(2)24-16(22)8-10-18-15(21)7-6-13(20)14-5-4-11-25-14/h3-5,11-12H,1,6-10H2,2H3,(H,18,21)(H,19,23). The third-order valence-electron chi connectivity index (χ3n) is 3.12. The molecule has 25 heavy (non-hydrogen) atoms. The quantitative estimate of drug-likeness (QED) is 0.351. The van der Waals surface area contributed by atoms with Crippen LogP contribution in [0.2, 0.25) is 0 Å². The fourth-order valence-electron chi connectivity index (χ4n) is 1.81. The van der Waals surface area contributed by atoms with Gasteiger partial charge in [-0.3, -0.25) is 19.2 Å². The van der Waals surface area contributed by atoms with E-state index in [2.05, 4.69) is 17.2 Å². The molecule has 0 fully saturated rings. The molecule has 2 N–H and O–H groups in total. The van der Waals surface area contributed by atoms with Crippen molar-refractivity contribution < 1.29 is 23.9 Å².